The summed E-state index contributed by atoms with van der Waals surface area (Å²) in [5.74, 6) is 0.644. The second kappa shape index (κ2) is 7.90. The first-order valence-corrected chi connectivity index (χ1v) is 6.22. The molecule has 1 saturated heterocycles. The number of rotatable bonds is 5. The van der Waals surface area contributed by atoms with E-state index in [9.17, 15) is 4.79 Å². The number of carbonyl (C=O) groups is 1. The van der Waals surface area contributed by atoms with Gasteiger partial charge < -0.3 is 10.6 Å². The van der Waals surface area contributed by atoms with Gasteiger partial charge in [-0.1, -0.05) is 13.8 Å². The Hall–Kier alpha value is -0.320. The van der Waals surface area contributed by atoms with E-state index in [4.69, 9.17) is 0 Å². The number of carbonyl (C=O) groups excluding carboxylic acids is 1. The molecule has 0 aliphatic carbocycles. The lowest BCUT2D eigenvalue weighted by Gasteiger charge is -2.20. The van der Waals surface area contributed by atoms with Gasteiger partial charge in [0.05, 0.1) is 6.54 Å². The van der Waals surface area contributed by atoms with Crippen LogP contribution in [0.3, 0.4) is 0 Å². The van der Waals surface area contributed by atoms with E-state index in [2.05, 4.69) is 36.3 Å². The van der Waals surface area contributed by atoms with E-state index in [0.29, 0.717) is 18.5 Å². The average Bonchev–Trinajstić information content (AvgIpc) is 2.65. The summed E-state index contributed by atoms with van der Waals surface area (Å²) in [6, 6.07) is 0.811. The number of likely N-dealkylation sites (tertiary alicyclic amines) is 1. The van der Waals surface area contributed by atoms with E-state index in [0.717, 1.165) is 19.5 Å². The molecule has 1 amide bonds. The Morgan fingerprint density at radius 1 is 1.41 bits per heavy atom. The molecule has 2 N–H and O–H groups in total. The Morgan fingerprint density at radius 3 is 2.53 bits per heavy atom. The topological polar surface area (TPSA) is 44.4 Å². The molecular formula is C12H26ClN3O. The summed E-state index contributed by atoms with van der Waals surface area (Å²) in [6.45, 7) is 8.85. The maximum atomic E-state index is 11.7. The minimum atomic E-state index is 0. The van der Waals surface area contributed by atoms with E-state index in [1.165, 1.54) is 0 Å². The van der Waals surface area contributed by atoms with Crippen molar-refractivity contribution in [3.05, 3.63) is 0 Å². The fraction of sp³-hybridized carbons (Fsp3) is 0.917. The molecule has 1 heterocycles. The molecular weight excluding hydrogens is 238 g/mol. The van der Waals surface area contributed by atoms with E-state index in [1.54, 1.807) is 0 Å². The molecule has 0 aromatic rings. The zero-order chi connectivity index (χ0) is 12.1. The van der Waals surface area contributed by atoms with Gasteiger partial charge in [-0.15, -0.1) is 12.4 Å². The number of amides is 1. The van der Waals surface area contributed by atoms with Crippen molar-refractivity contribution in [3.63, 3.8) is 0 Å². The van der Waals surface area contributed by atoms with Gasteiger partial charge >= 0.3 is 0 Å². The van der Waals surface area contributed by atoms with Gasteiger partial charge in [0.15, 0.2) is 0 Å². The van der Waals surface area contributed by atoms with E-state index in [-0.39, 0.29) is 24.4 Å². The molecule has 5 heteroatoms. The molecule has 1 fully saturated rings. The standard InChI is InChI=1S/C12H25N3O.ClH/c1-9(2)10(3)14-12(16)8-15-6-5-11(7-15)13-4;/h9-11,13H,5-8H2,1-4H3,(H,14,16);1H. The fourth-order valence-electron chi connectivity index (χ4n) is 1.88. The van der Waals surface area contributed by atoms with Gasteiger partial charge in [0, 0.05) is 25.2 Å². The highest BCUT2D eigenvalue weighted by atomic mass is 35.5. The number of nitrogens with one attached hydrogen (secondary N) is 2. The summed E-state index contributed by atoms with van der Waals surface area (Å²) >= 11 is 0. The molecule has 4 nitrogen and oxygen atoms in total. The minimum Gasteiger partial charge on any atom is -0.352 e. The predicted molar refractivity (Wildman–Crippen MR) is 73.6 cm³/mol. The van der Waals surface area contributed by atoms with Crippen molar-refractivity contribution in [1.82, 2.24) is 15.5 Å². The number of likely N-dealkylation sites (N-methyl/N-ethyl adjacent to an activating group) is 1. The van der Waals surface area contributed by atoms with E-state index in [1.807, 2.05) is 7.05 Å². The number of halogens is 1. The van der Waals surface area contributed by atoms with Crippen LogP contribution in [0.4, 0.5) is 0 Å². The summed E-state index contributed by atoms with van der Waals surface area (Å²) in [6.07, 6.45) is 1.14. The molecule has 1 rings (SSSR count). The van der Waals surface area contributed by atoms with E-state index < -0.39 is 0 Å². The molecule has 2 atom stereocenters. The lowest BCUT2D eigenvalue weighted by molar-refractivity contribution is -0.122. The highest BCUT2D eigenvalue weighted by Gasteiger charge is 2.23. The Balaban J connectivity index is 0.00000256. The van der Waals surface area contributed by atoms with Crippen LogP contribution in [-0.4, -0.2) is 49.6 Å². The highest BCUT2D eigenvalue weighted by Crippen LogP contribution is 2.08. The van der Waals surface area contributed by atoms with Gasteiger partial charge in [-0.2, -0.15) is 0 Å². The predicted octanol–water partition coefficient (Wildman–Crippen LogP) is 0.863. The molecule has 0 aromatic carbocycles. The van der Waals surface area contributed by atoms with Crippen LogP contribution in [0.15, 0.2) is 0 Å². The van der Waals surface area contributed by atoms with Crippen LogP contribution in [0.25, 0.3) is 0 Å². The Bertz CT molecular complexity index is 236. The van der Waals surface area contributed by atoms with Crippen LogP contribution < -0.4 is 10.6 Å². The van der Waals surface area contributed by atoms with Gasteiger partial charge in [-0.25, -0.2) is 0 Å². The molecule has 0 spiro atoms. The first-order chi connectivity index (χ1) is 7.52. The maximum Gasteiger partial charge on any atom is 0.234 e. The summed E-state index contributed by atoms with van der Waals surface area (Å²) in [5.41, 5.74) is 0. The quantitative estimate of drug-likeness (QED) is 0.774. The second-order valence-corrected chi connectivity index (χ2v) is 5.11. The van der Waals surface area contributed by atoms with Gasteiger partial charge in [0.25, 0.3) is 0 Å². The summed E-state index contributed by atoms with van der Waals surface area (Å²) in [4.78, 5) is 13.9. The zero-order valence-corrected chi connectivity index (χ0v) is 12.1. The van der Waals surface area contributed by atoms with Gasteiger partial charge in [-0.05, 0) is 26.3 Å². The van der Waals surface area contributed by atoms with Gasteiger partial charge in [0.2, 0.25) is 5.91 Å². The largest absolute Gasteiger partial charge is 0.352 e. The van der Waals surface area contributed by atoms with Gasteiger partial charge in [0.1, 0.15) is 0 Å². The highest BCUT2D eigenvalue weighted by molar-refractivity contribution is 5.85. The zero-order valence-electron chi connectivity index (χ0n) is 11.3. The monoisotopic (exact) mass is 263 g/mol. The third kappa shape index (κ3) is 5.70. The first-order valence-electron chi connectivity index (χ1n) is 6.22. The first kappa shape index (κ1) is 16.7. The summed E-state index contributed by atoms with van der Waals surface area (Å²) < 4.78 is 0. The molecule has 102 valence electrons. The van der Waals surface area contributed by atoms with Crippen LogP contribution in [0.2, 0.25) is 0 Å². The number of hydrogen-bond acceptors (Lipinski definition) is 3. The Morgan fingerprint density at radius 2 is 2.06 bits per heavy atom. The lowest BCUT2D eigenvalue weighted by Crippen LogP contribution is -2.42. The third-order valence-electron chi connectivity index (χ3n) is 3.44. The van der Waals surface area contributed by atoms with Gasteiger partial charge in [-0.3, -0.25) is 9.69 Å². The number of hydrogen-bond donors (Lipinski definition) is 2. The molecule has 2 unspecified atom stereocenters. The summed E-state index contributed by atoms with van der Waals surface area (Å²) in [7, 11) is 1.98. The molecule has 0 saturated carbocycles. The smallest absolute Gasteiger partial charge is 0.234 e. The van der Waals surface area contributed by atoms with Crippen LogP contribution in [-0.2, 0) is 4.79 Å². The SMILES string of the molecule is CNC1CCN(CC(=O)NC(C)C(C)C)C1.Cl. The van der Waals surface area contributed by atoms with Crippen LogP contribution >= 0.6 is 12.4 Å². The molecule has 0 radical (unpaired) electrons. The minimum absolute atomic E-state index is 0. The van der Waals surface area contributed by atoms with Crippen molar-refractivity contribution >= 4 is 18.3 Å². The Kier molecular flexibility index (Phi) is 7.75. The lowest BCUT2D eigenvalue weighted by atomic mass is 10.1. The summed E-state index contributed by atoms with van der Waals surface area (Å²) in [5, 5.41) is 6.29. The van der Waals surface area contributed by atoms with Crippen LogP contribution in [0.5, 0.6) is 0 Å². The Labute approximate surface area is 111 Å². The van der Waals surface area contributed by atoms with Crippen LogP contribution in [0, 0.1) is 5.92 Å². The van der Waals surface area contributed by atoms with Crippen molar-refractivity contribution in [2.24, 2.45) is 5.92 Å². The van der Waals surface area contributed by atoms with Crippen molar-refractivity contribution in [3.8, 4) is 0 Å². The molecule has 0 aromatic heterocycles. The van der Waals surface area contributed by atoms with Crippen molar-refractivity contribution < 1.29 is 4.79 Å². The van der Waals surface area contributed by atoms with Crippen molar-refractivity contribution in [2.45, 2.75) is 39.3 Å². The second-order valence-electron chi connectivity index (χ2n) is 5.11. The van der Waals surface area contributed by atoms with Crippen molar-refractivity contribution in [2.75, 3.05) is 26.7 Å². The molecule has 0 bridgehead atoms. The average molecular weight is 264 g/mol. The molecule has 1 aliphatic rings. The maximum absolute atomic E-state index is 11.7. The van der Waals surface area contributed by atoms with E-state index >= 15 is 0 Å². The number of nitrogens with zero attached hydrogens (tertiary/aromatic N) is 1. The third-order valence-corrected chi connectivity index (χ3v) is 3.44. The van der Waals surface area contributed by atoms with Crippen molar-refractivity contribution in [1.29, 1.82) is 0 Å². The fourth-order valence-corrected chi connectivity index (χ4v) is 1.88. The molecule has 17 heavy (non-hydrogen) atoms. The normalized spacial score (nSPS) is 22.3. The molecule has 1 aliphatic heterocycles. The van der Waals surface area contributed by atoms with Crippen LogP contribution in [0.1, 0.15) is 27.2 Å².